The molecule has 0 saturated carbocycles. The summed E-state index contributed by atoms with van der Waals surface area (Å²) in [5, 5.41) is 9.61. The van der Waals surface area contributed by atoms with Crippen molar-refractivity contribution in [3.05, 3.63) is 69.1 Å². The number of carboxylic acid groups (broad SMARTS) is 1. The van der Waals surface area contributed by atoms with Crippen molar-refractivity contribution in [2.75, 3.05) is 6.54 Å². The van der Waals surface area contributed by atoms with E-state index in [1.165, 1.54) is 0 Å². The lowest BCUT2D eigenvalue weighted by Crippen LogP contribution is -2.33. The Morgan fingerprint density at radius 3 is 2.68 bits per heavy atom. The molecular formula is C20H16ClNO4S2. The smallest absolute Gasteiger partial charge is 0.323 e. The maximum absolute atomic E-state index is 12.5. The van der Waals surface area contributed by atoms with E-state index in [2.05, 4.69) is 0 Å². The van der Waals surface area contributed by atoms with Gasteiger partial charge in [-0.2, -0.15) is 0 Å². The highest BCUT2D eigenvalue weighted by atomic mass is 35.5. The SMILES string of the molecule is Cc1ccc(OCc2ccc(Cl)cc2)c(/C=C2\SC(=S)N(CC(=O)O)C2=O)c1. The predicted molar refractivity (Wildman–Crippen MR) is 114 cm³/mol. The molecule has 5 nitrogen and oxygen atoms in total. The van der Waals surface area contributed by atoms with E-state index in [9.17, 15) is 9.59 Å². The topological polar surface area (TPSA) is 66.8 Å². The first kappa shape index (κ1) is 20.4. The van der Waals surface area contributed by atoms with Crippen LogP contribution in [0.25, 0.3) is 6.08 Å². The van der Waals surface area contributed by atoms with Crippen molar-refractivity contribution in [2.24, 2.45) is 0 Å². The molecule has 1 amide bonds. The number of thiocarbonyl (C=S) groups is 1. The van der Waals surface area contributed by atoms with Crippen molar-refractivity contribution < 1.29 is 19.4 Å². The van der Waals surface area contributed by atoms with E-state index in [4.69, 9.17) is 33.7 Å². The Bertz CT molecular complexity index is 973. The summed E-state index contributed by atoms with van der Waals surface area (Å²) < 4.78 is 6.16. The Balaban J connectivity index is 1.83. The van der Waals surface area contributed by atoms with Crippen molar-refractivity contribution >= 4 is 57.9 Å². The summed E-state index contributed by atoms with van der Waals surface area (Å²) in [4.78, 5) is 24.9. The number of amides is 1. The molecule has 0 aliphatic carbocycles. The Morgan fingerprint density at radius 2 is 2.00 bits per heavy atom. The molecule has 1 aliphatic rings. The third-order valence-corrected chi connectivity index (χ3v) is 5.56. The number of thioether (sulfide) groups is 1. The summed E-state index contributed by atoms with van der Waals surface area (Å²) in [6.07, 6.45) is 1.69. The number of hydrogen-bond donors (Lipinski definition) is 1. The Morgan fingerprint density at radius 1 is 1.29 bits per heavy atom. The minimum Gasteiger partial charge on any atom is -0.488 e. The number of hydrogen-bond acceptors (Lipinski definition) is 5. The summed E-state index contributed by atoms with van der Waals surface area (Å²) in [6, 6.07) is 13.0. The second-order valence-electron chi connectivity index (χ2n) is 6.12. The first-order valence-corrected chi connectivity index (χ1v) is 9.89. The largest absolute Gasteiger partial charge is 0.488 e. The fraction of sp³-hybridized carbons (Fsp3) is 0.150. The lowest BCUT2D eigenvalue weighted by molar-refractivity contribution is -0.140. The van der Waals surface area contributed by atoms with E-state index < -0.39 is 18.4 Å². The number of aryl methyl sites for hydroxylation is 1. The molecule has 3 rings (SSSR count). The number of aliphatic carboxylic acids is 1. The first-order chi connectivity index (χ1) is 13.3. The Hall–Kier alpha value is -2.35. The second-order valence-corrected chi connectivity index (χ2v) is 8.23. The Labute approximate surface area is 176 Å². The number of carbonyl (C=O) groups is 2. The highest BCUT2D eigenvalue weighted by Crippen LogP contribution is 2.34. The molecule has 28 heavy (non-hydrogen) atoms. The quantitative estimate of drug-likeness (QED) is 0.534. The van der Waals surface area contributed by atoms with Gasteiger partial charge in [-0.15, -0.1) is 0 Å². The van der Waals surface area contributed by atoms with Crippen LogP contribution in [0.5, 0.6) is 5.75 Å². The Kier molecular flexibility index (Phi) is 6.39. The van der Waals surface area contributed by atoms with Crippen LogP contribution >= 0.6 is 35.6 Å². The van der Waals surface area contributed by atoms with Crippen LogP contribution in [0.4, 0.5) is 0 Å². The van der Waals surface area contributed by atoms with E-state index in [-0.39, 0.29) is 4.32 Å². The van der Waals surface area contributed by atoms with Gasteiger partial charge in [0.05, 0.1) is 4.91 Å². The van der Waals surface area contributed by atoms with Crippen LogP contribution in [-0.4, -0.2) is 32.7 Å². The summed E-state index contributed by atoms with van der Waals surface area (Å²) in [5.41, 5.74) is 2.69. The minimum atomic E-state index is -1.11. The molecule has 0 unspecified atom stereocenters. The van der Waals surface area contributed by atoms with Gasteiger partial charge in [-0.05, 0) is 42.8 Å². The zero-order valence-corrected chi connectivity index (χ0v) is 17.2. The van der Waals surface area contributed by atoms with Gasteiger partial charge in [-0.25, -0.2) is 0 Å². The highest BCUT2D eigenvalue weighted by molar-refractivity contribution is 8.26. The standard InChI is InChI=1S/C20H16ClNO4S2/c1-12-2-7-16(26-11-13-3-5-15(21)6-4-13)14(8-12)9-17-19(25)22(10-18(23)24)20(27)28-17/h2-9H,10-11H2,1H3,(H,23,24)/b17-9-. The summed E-state index contributed by atoms with van der Waals surface area (Å²) >= 11 is 12.1. The van der Waals surface area contributed by atoms with Gasteiger partial charge in [0.25, 0.3) is 5.91 Å². The summed E-state index contributed by atoms with van der Waals surface area (Å²) in [7, 11) is 0. The molecular weight excluding hydrogens is 418 g/mol. The van der Waals surface area contributed by atoms with Crippen LogP contribution in [-0.2, 0) is 16.2 Å². The van der Waals surface area contributed by atoms with Gasteiger partial charge < -0.3 is 9.84 Å². The first-order valence-electron chi connectivity index (χ1n) is 8.28. The normalized spacial score (nSPS) is 15.4. The van der Waals surface area contributed by atoms with Crippen molar-refractivity contribution in [1.29, 1.82) is 0 Å². The number of carbonyl (C=O) groups excluding carboxylic acids is 1. The van der Waals surface area contributed by atoms with Crippen LogP contribution in [0.15, 0.2) is 47.4 Å². The lowest BCUT2D eigenvalue weighted by Gasteiger charge is -2.11. The van der Waals surface area contributed by atoms with Crippen molar-refractivity contribution in [3.8, 4) is 5.75 Å². The van der Waals surface area contributed by atoms with Crippen molar-refractivity contribution in [3.63, 3.8) is 0 Å². The van der Waals surface area contributed by atoms with Crippen LogP contribution in [0.1, 0.15) is 16.7 Å². The average Bonchev–Trinajstić information content (AvgIpc) is 2.89. The van der Waals surface area contributed by atoms with Crippen LogP contribution in [0.2, 0.25) is 5.02 Å². The molecule has 0 bridgehead atoms. The predicted octanol–water partition coefficient (Wildman–Crippen LogP) is 4.51. The van der Waals surface area contributed by atoms with Gasteiger partial charge in [0.2, 0.25) is 0 Å². The molecule has 1 saturated heterocycles. The third kappa shape index (κ3) is 4.92. The van der Waals surface area contributed by atoms with Gasteiger partial charge in [0, 0.05) is 10.6 Å². The summed E-state index contributed by atoms with van der Waals surface area (Å²) in [5.74, 6) is -0.910. The van der Waals surface area contributed by atoms with Crippen LogP contribution in [0.3, 0.4) is 0 Å². The number of rotatable bonds is 6. The fourth-order valence-corrected chi connectivity index (χ4v) is 3.94. The lowest BCUT2D eigenvalue weighted by atomic mass is 10.1. The molecule has 2 aromatic carbocycles. The van der Waals surface area contributed by atoms with Crippen molar-refractivity contribution in [2.45, 2.75) is 13.5 Å². The molecule has 1 N–H and O–H groups in total. The van der Waals surface area contributed by atoms with Gasteiger partial charge in [-0.3, -0.25) is 14.5 Å². The molecule has 1 fully saturated rings. The van der Waals surface area contributed by atoms with E-state index in [1.54, 1.807) is 18.2 Å². The fourth-order valence-electron chi connectivity index (χ4n) is 2.57. The maximum atomic E-state index is 12.5. The maximum Gasteiger partial charge on any atom is 0.323 e. The molecule has 0 aromatic heterocycles. The number of carboxylic acids is 1. The molecule has 1 heterocycles. The van der Waals surface area contributed by atoms with Gasteiger partial charge in [0.15, 0.2) is 0 Å². The van der Waals surface area contributed by atoms with Crippen molar-refractivity contribution in [1.82, 2.24) is 4.90 Å². The number of ether oxygens (including phenoxy) is 1. The average molecular weight is 434 g/mol. The molecule has 1 aliphatic heterocycles. The van der Waals surface area contributed by atoms with Crippen LogP contribution in [0, 0.1) is 6.92 Å². The number of nitrogens with zero attached hydrogens (tertiary/aromatic N) is 1. The second kappa shape index (κ2) is 8.77. The van der Waals surface area contributed by atoms with E-state index in [0.717, 1.165) is 33.4 Å². The van der Waals surface area contributed by atoms with Gasteiger partial charge in [0.1, 0.15) is 23.2 Å². The molecule has 0 radical (unpaired) electrons. The number of benzene rings is 2. The molecule has 0 atom stereocenters. The third-order valence-electron chi connectivity index (χ3n) is 3.93. The van der Waals surface area contributed by atoms with E-state index in [0.29, 0.717) is 22.3 Å². The van der Waals surface area contributed by atoms with Crippen LogP contribution < -0.4 is 4.74 Å². The number of halogens is 1. The molecule has 0 spiro atoms. The zero-order valence-electron chi connectivity index (χ0n) is 14.8. The molecule has 8 heteroatoms. The van der Waals surface area contributed by atoms with Gasteiger partial charge in [-0.1, -0.05) is 59.3 Å². The zero-order chi connectivity index (χ0) is 20.3. The van der Waals surface area contributed by atoms with E-state index >= 15 is 0 Å². The van der Waals surface area contributed by atoms with E-state index in [1.807, 2.05) is 37.3 Å². The highest BCUT2D eigenvalue weighted by Gasteiger charge is 2.33. The van der Waals surface area contributed by atoms with Gasteiger partial charge >= 0.3 is 5.97 Å². The minimum absolute atomic E-state index is 0.231. The summed E-state index contributed by atoms with van der Waals surface area (Å²) in [6.45, 7) is 1.84. The molecule has 2 aromatic rings. The monoisotopic (exact) mass is 433 g/mol. The molecule has 144 valence electrons.